The molecule has 0 spiro atoms. The Bertz CT molecular complexity index is 2930. The summed E-state index contributed by atoms with van der Waals surface area (Å²) in [5.74, 6) is -8.72. The van der Waals surface area contributed by atoms with E-state index in [4.69, 9.17) is 25.7 Å². The van der Waals surface area contributed by atoms with Gasteiger partial charge in [0.25, 0.3) is 0 Å². The predicted octanol–water partition coefficient (Wildman–Crippen LogP) is -3.32. The Morgan fingerprint density at radius 3 is 2.09 bits per heavy atom. The van der Waals surface area contributed by atoms with Crippen LogP contribution in [0.25, 0.3) is 10.9 Å². The Labute approximate surface area is 519 Å². The second-order valence-corrected chi connectivity index (χ2v) is 24.1. The lowest BCUT2D eigenvalue weighted by Crippen LogP contribution is -2.62. The number of nitrogens with one attached hydrogen (secondary N) is 11. The fourth-order valence-corrected chi connectivity index (χ4v) is 11.9. The van der Waals surface area contributed by atoms with E-state index in [-0.39, 0.29) is 88.6 Å². The number of carbonyl (C=O) groups is 11. The molecular formula is C57H86N16O15S. The first-order chi connectivity index (χ1) is 42.6. The minimum absolute atomic E-state index is 0.0141. The van der Waals surface area contributed by atoms with Gasteiger partial charge in [-0.3, -0.25) is 52.6 Å². The molecule has 89 heavy (non-hydrogen) atoms. The number of benzene rings is 1. The van der Waals surface area contributed by atoms with Gasteiger partial charge < -0.3 is 88.9 Å². The summed E-state index contributed by atoms with van der Waals surface area (Å²) in [5, 5.41) is 46.6. The van der Waals surface area contributed by atoms with Gasteiger partial charge in [0.05, 0.1) is 63.8 Å². The van der Waals surface area contributed by atoms with Crippen molar-refractivity contribution in [1.29, 1.82) is 0 Å². The predicted molar refractivity (Wildman–Crippen MR) is 322 cm³/mol. The van der Waals surface area contributed by atoms with E-state index in [0.29, 0.717) is 36.6 Å². The highest BCUT2D eigenvalue weighted by atomic mass is 32.2. The molecule has 3 aromatic rings. The molecule has 12 amide bonds. The number of urea groups is 1. The third-order valence-corrected chi connectivity index (χ3v) is 16.7. The van der Waals surface area contributed by atoms with Gasteiger partial charge in [0.1, 0.15) is 48.9 Å². The fourth-order valence-electron chi connectivity index (χ4n) is 10.3. The second-order valence-electron chi connectivity index (χ2n) is 22.8. The van der Waals surface area contributed by atoms with Crippen molar-refractivity contribution in [2.24, 2.45) is 23.3 Å². The number of aryl methyl sites for hydroxylation is 1. The number of para-hydroxylation sites is 1. The van der Waals surface area contributed by atoms with Crippen molar-refractivity contribution in [3.05, 3.63) is 47.9 Å². The van der Waals surface area contributed by atoms with Crippen LogP contribution in [0.1, 0.15) is 90.3 Å². The molecule has 0 radical (unpaired) electrons. The Morgan fingerprint density at radius 2 is 1.39 bits per heavy atom. The zero-order valence-electron chi connectivity index (χ0n) is 50.6. The molecule has 490 valence electrons. The van der Waals surface area contributed by atoms with Gasteiger partial charge in [-0.05, 0) is 55.6 Å². The highest BCUT2D eigenvalue weighted by Gasteiger charge is 2.43. The van der Waals surface area contributed by atoms with E-state index in [9.17, 15) is 57.8 Å². The minimum Gasteiger partial charge on any atom is -0.394 e. The molecule has 0 saturated carbocycles. The van der Waals surface area contributed by atoms with Gasteiger partial charge in [0.15, 0.2) is 0 Å². The smallest absolute Gasteiger partial charge is 0.315 e. The summed E-state index contributed by atoms with van der Waals surface area (Å²) in [4.78, 5) is 150. The van der Waals surface area contributed by atoms with Crippen LogP contribution in [-0.2, 0) is 81.5 Å². The number of primary amides is 2. The maximum atomic E-state index is 14.6. The summed E-state index contributed by atoms with van der Waals surface area (Å²) >= 11 is 1.84. The Hall–Kier alpha value is -7.94. The topological polar surface area (TPSA) is 455 Å². The van der Waals surface area contributed by atoms with Crippen LogP contribution in [0.2, 0.25) is 0 Å². The first-order valence-electron chi connectivity index (χ1n) is 30.0. The number of amides is 12. The number of fused-ring (bicyclic) bond motifs is 4. The quantitative estimate of drug-likeness (QED) is 0.0292. The average Bonchev–Trinajstić information content (AvgIpc) is 1.91. The Kier molecular flexibility index (Phi) is 27.8. The number of H-pyrrole nitrogens is 1. The molecule has 6 rings (SSSR count). The highest BCUT2D eigenvalue weighted by Crippen LogP contribution is 2.33. The lowest BCUT2D eigenvalue weighted by Gasteiger charge is -2.29. The SMILES string of the molecule is CC(C)[C@H]1NC(=O)[C@@H](CC(N)=O)NC(=O)[C@@H](CO)NC(=O)[C@@H](C(C)C)NC(=O)[C@@H](Cc2c[nH]c3ccccc23)NC(=O)[C@@H](NC(=O)COCCOCCOCCNC(=O)CCCC[C@H]2SC[C@H]3NC(=O)N[C@H]32)Cc2cn(nn2)CCCC[C@@H](C(N)=O)NC1=O. The zero-order valence-corrected chi connectivity index (χ0v) is 51.4. The van der Waals surface area contributed by atoms with E-state index >= 15 is 0 Å². The van der Waals surface area contributed by atoms with Gasteiger partial charge in [-0.15, -0.1) is 5.10 Å². The number of unbranched alkanes of at least 4 members (excludes halogenated alkanes) is 1. The van der Waals surface area contributed by atoms with Crippen molar-refractivity contribution >= 4 is 87.8 Å². The molecule has 16 N–H and O–H groups in total. The molecule has 1 aromatic carbocycles. The molecule has 3 aliphatic heterocycles. The van der Waals surface area contributed by atoms with E-state index in [1.807, 2.05) is 30.0 Å². The molecule has 0 aliphatic carbocycles. The van der Waals surface area contributed by atoms with Crippen molar-refractivity contribution in [2.75, 3.05) is 58.5 Å². The van der Waals surface area contributed by atoms with Crippen molar-refractivity contribution in [3.63, 3.8) is 0 Å². The lowest BCUT2D eigenvalue weighted by atomic mass is 9.99. The normalized spacial score (nSPS) is 24.5. The van der Waals surface area contributed by atoms with Crippen LogP contribution in [0.4, 0.5) is 4.79 Å². The molecule has 10 atom stereocenters. The third kappa shape index (κ3) is 22.3. The van der Waals surface area contributed by atoms with Crippen molar-refractivity contribution in [2.45, 2.75) is 158 Å². The number of aliphatic hydroxyl groups excluding tert-OH is 1. The lowest BCUT2D eigenvalue weighted by molar-refractivity contribution is -0.137. The largest absolute Gasteiger partial charge is 0.394 e. The van der Waals surface area contributed by atoms with Crippen molar-refractivity contribution in [3.8, 4) is 0 Å². The molecule has 2 saturated heterocycles. The first-order valence-corrected chi connectivity index (χ1v) is 31.1. The molecule has 2 aromatic heterocycles. The monoisotopic (exact) mass is 1270 g/mol. The number of aliphatic hydroxyl groups is 1. The number of hydrogen-bond donors (Lipinski definition) is 14. The van der Waals surface area contributed by atoms with Crippen LogP contribution in [0.15, 0.2) is 36.7 Å². The summed E-state index contributed by atoms with van der Waals surface area (Å²) < 4.78 is 18.2. The molecular weight excluding hydrogens is 1180 g/mol. The van der Waals surface area contributed by atoms with E-state index in [0.717, 1.165) is 35.9 Å². The second kappa shape index (κ2) is 35.3. The summed E-state index contributed by atoms with van der Waals surface area (Å²) in [6, 6.07) is -2.85. The van der Waals surface area contributed by atoms with E-state index in [2.05, 4.69) is 68.5 Å². The van der Waals surface area contributed by atoms with Crippen LogP contribution in [0, 0.1) is 11.8 Å². The van der Waals surface area contributed by atoms with E-state index in [1.165, 1.54) is 4.68 Å². The van der Waals surface area contributed by atoms with Crippen LogP contribution >= 0.6 is 11.8 Å². The molecule has 3 aliphatic rings. The third-order valence-electron chi connectivity index (χ3n) is 15.1. The van der Waals surface area contributed by atoms with Crippen molar-refractivity contribution < 1.29 is 72.1 Å². The number of aromatic nitrogens is 4. The number of aromatic amines is 1. The number of hydrogen-bond acceptors (Lipinski definition) is 18. The summed E-state index contributed by atoms with van der Waals surface area (Å²) in [7, 11) is 0. The molecule has 2 bridgehead atoms. The zero-order chi connectivity index (χ0) is 64.6. The van der Waals surface area contributed by atoms with Gasteiger partial charge in [-0.1, -0.05) is 57.5 Å². The van der Waals surface area contributed by atoms with Gasteiger partial charge in [-0.25, -0.2) is 4.79 Å². The highest BCUT2D eigenvalue weighted by molar-refractivity contribution is 8.00. The first kappa shape index (κ1) is 70.2. The number of thioether (sulfide) groups is 1. The number of ether oxygens (including phenoxy) is 3. The number of nitrogens with zero attached hydrogens (tertiary/aromatic N) is 3. The standard InChI is InChI=1S/C57H86N16O15S/c1-31(2)47-55(83)63-37(50(59)78)13-9-10-17-73-27-34(71-72-73)24-39(62-46(77)29-88-22-21-87-20-19-86-18-16-60-45(76)15-8-7-14-43-49-42(30-89-43)67-57(85)70-49)51(79)64-38(23-33-26-61-36-12-6-5-11-35(33)36)52(80)68-48(32(3)4)56(84)66-41(28-74)54(82)65-40(25-44(58)75)53(81)69-47/h5-6,11-12,26-27,31-32,37-43,47-49,61,74H,7-10,13-25,28-30H2,1-4H3,(H2,58,75)(H2,59,78)(H,60,76)(H,62,77)(H,63,83)(H,64,79)(H,65,82)(H,66,84)(H,68,80)(H,69,81)(H2,67,70,85)/t37-,38+,39-,40+,41+,42+,43+,47+,48+,49+/m0/s1. The summed E-state index contributed by atoms with van der Waals surface area (Å²) in [6.45, 7) is 6.19. The number of nitrogens with two attached hydrogens (primary N) is 2. The maximum Gasteiger partial charge on any atom is 0.315 e. The maximum absolute atomic E-state index is 14.6. The van der Waals surface area contributed by atoms with E-state index in [1.54, 1.807) is 46.2 Å². The number of rotatable bonds is 25. The summed E-state index contributed by atoms with van der Waals surface area (Å²) in [6.07, 6.45) is 5.77. The molecule has 0 unspecified atom stereocenters. The Balaban J connectivity index is 1.10. The van der Waals surface area contributed by atoms with Gasteiger partial charge in [0, 0.05) is 66.7 Å². The number of carbonyl (C=O) groups excluding carboxylic acids is 11. The molecule has 5 heterocycles. The summed E-state index contributed by atoms with van der Waals surface area (Å²) in [5.41, 5.74) is 12.7. The van der Waals surface area contributed by atoms with Crippen LogP contribution in [0.3, 0.4) is 0 Å². The molecule has 2 fully saturated rings. The van der Waals surface area contributed by atoms with Crippen molar-refractivity contribution in [1.82, 2.24) is 73.1 Å². The Morgan fingerprint density at radius 1 is 0.742 bits per heavy atom. The average molecular weight is 1270 g/mol. The van der Waals surface area contributed by atoms with Gasteiger partial charge in [0.2, 0.25) is 59.1 Å². The van der Waals surface area contributed by atoms with Crippen LogP contribution in [0.5, 0.6) is 0 Å². The fraction of sp³-hybridized carbons (Fsp3) is 0.632. The van der Waals surface area contributed by atoms with E-state index < -0.39 is 127 Å². The molecule has 32 heteroatoms. The van der Waals surface area contributed by atoms with Gasteiger partial charge >= 0.3 is 6.03 Å². The van der Waals surface area contributed by atoms with Crippen LogP contribution < -0.4 is 64.6 Å². The minimum atomic E-state index is -1.77. The molecule has 31 nitrogen and oxygen atoms in total. The van der Waals surface area contributed by atoms with Crippen LogP contribution in [-0.4, -0.2) is 208 Å². The van der Waals surface area contributed by atoms with Gasteiger partial charge in [-0.2, -0.15) is 11.8 Å².